The molecule has 1 aliphatic carbocycles. The van der Waals surface area contributed by atoms with E-state index in [1.165, 1.54) is 7.11 Å². The minimum Gasteiger partial charge on any atom is -0.491 e. The van der Waals surface area contributed by atoms with Crippen molar-refractivity contribution < 1.29 is 14.3 Å². The summed E-state index contributed by atoms with van der Waals surface area (Å²) >= 11 is 0. The number of carbonyl (C=O) groups excluding carboxylic acids is 1. The summed E-state index contributed by atoms with van der Waals surface area (Å²) in [6, 6.07) is 3.72. The third-order valence-corrected chi connectivity index (χ3v) is 4.79. The van der Waals surface area contributed by atoms with Gasteiger partial charge in [0.1, 0.15) is 11.4 Å². The third kappa shape index (κ3) is 3.34. The Labute approximate surface area is 146 Å². The molecule has 3 rings (SSSR count). The zero-order valence-electron chi connectivity index (χ0n) is 14.7. The fourth-order valence-corrected chi connectivity index (χ4v) is 3.06. The van der Waals surface area contributed by atoms with Crippen LogP contribution in [-0.2, 0) is 23.1 Å². The molecule has 8 heteroatoms. The van der Waals surface area contributed by atoms with Crippen LogP contribution in [0.1, 0.15) is 24.2 Å². The molecule has 0 bridgehead atoms. The van der Waals surface area contributed by atoms with Gasteiger partial charge in [-0.1, -0.05) is 5.21 Å². The predicted octanol–water partition coefficient (Wildman–Crippen LogP) is 1.22. The van der Waals surface area contributed by atoms with Gasteiger partial charge in [0.05, 0.1) is 36.7 Å². The van der Waals surface area contributed by atoms with Gasteiger partial charge in [-0.25, -0.2) is 4.98 Å². The molecule has 0 aliphatic heterocycles. The van der Waals surface area contributed by atoms with E-state index < -0.39 is 0 Å². The summed E-state index contributed by atoms with van der Waals surface area (Å²) in [6.45, 7) is 2.71. The van der Waals surface area contributed by atoms with E-state index in [0.717, 1.165) is 29.9 Å². The molecule has 0 spiro atoms. The molecule has 1 fully saturated rings. The van der Waals surface area contributed by atoms with Crippen molar-refractivity contribution in [3.63, 3.8) is 0 Å². The zero-order valence-corrected chi connectivity index (χ0v) is 14.7. The topological polar surface area (TPSA) is 105 Å². The lowest BCUT2D eigenvalue weighted by atomic mass is 9.74. The molecule has 134 valence electrons. The molecule has 8 nitrogen and oxygen atoms in total. The normalized spacial score (nSPS) is 19.4. The highest BCUT2D eigenvalue weighted by molar-refractivity contribution is 5.73. The minimum atomic E-state index is -0.151. The summed E-state index contributed by atoms with van der Waals surface area (Å²) < 4.78 is 12.4. The molecule has 0 unspecified atom stereocenters. The highest BCUT2D eigenvalue weighted by atomic mass is 16.5. The van der Waals surface area contributed by atoms with Gasteiger partial charge in [0.2, 0.25) is 0 Å². The summed E-state index contributed by atoms with van der Waals surface area (Å²) in [5.41, 5.74) is 8.76. The number of aryl methyl sites for hydroxylation is 2. The van der Waals surface area contributed by atoms with Crippen LogP contribution in [0.4, 0.5) is 0 Å². The Kier molecular flexibility index (Phi) is 4.98. The van der Waals surface area contributed by atoms with Crippen LogP contribution in [-0.4, -0.2) is 39.7 Å². The summed E-state index contributed by atoms with van der Waals surface area (Å²) in [5, 5.41) is 8.14. The number of nitrogens with zero attached hydrogens (tertiary/aromatic N) is 4. The molecule has 0 aromatic carbocycles. The van der Waals surface area contributed by atoms with Crippen LogP contribution in [0.15, 0.2) is 12.1 Å². The van der Waals surface area contributed by atoms with Crippen molar-refractivity contribution in [3.05, 3.63) is 23.5 Å². The number of hydrogen-bond donors (Lipinski definition) is 1. The molecule has 1 aliphatic rings. The van der Waals surface area contributed by atoms with Crippen molar-refractivity contribution in [2.24, 2.45) is 24.6 Å². The number of carbonyl (C=O) groups is 1. The highest BCUT2D eigenvalue weighted by Crippen LogP contribution is 2.36. The molecule has 0 amide bonds. The molecule has 2 heterocycles. The van der Waals surface area contributed by atoms with Crippen molar-refractivity contribution in [2.45, 2.75) is 26.3 Å². The van der Waals surface area contributed by atoms with Crippen molar-refractivity contribution >= 4 is 5.97 Å². The van der Waals surface area contributed by atoms with Crippen LogP contribution >= 0.6 is 0 Å². The fraction of sp³-hybridized carbons (Fsp3) is 0.529. The van der Waals surface area contributed by atoms with Gasteiger partial charge >= 0.3 is 5.97 Å². The number of aromatic nitrogens is 4. The van der Waals surface area contributed by atoms with Gasteiger partial charge in [0.15, 0.2) is 0 Å². The van der Waals surface area contributed by atoms with Crippen LogP contribution in [0.5, 0.6) is 5.75 Å². The Morgan fingerprint density at radius 1 is 1.40 bits per heavy atom. The summed E-state index contributed by atoms with van der Waals surface area (Å²) in [4.78, 5) is 16.2. The first kappa shape index (κ1) is 17.3. The molecular formula is C17H23N5O3. The number of methoxy groups -OCH3 is 1. The SMILES string of the molecule is COC(=O)[C@H]1CC[C@@H]1COc1ccc(-c2nnn(C)c2CN)nc1C. The summed E-state index contributed by atoms with van der Waals surface area (Å²) in [5.74, 6) is 0.707. The van der Waals surface area contributed by atoms with Crippen LogP contribution in [0.25, 0.3) is 11.4 Å². The van der Waals surface area contributed by atoms with E-state index in [9.17, 15) is 4.79 Å². The first-order valence-electron chi connectivity index (χ1n) is 8.32. The molecule has 2 atom stereocenters. The van der Waals surface area contributed by atoms with Crippen LogP contribution in [0, 0.1) is 18.8 Å². The second kappa shape index (κ2) is 7.18. The molecular weight excluding hydrogens is 322 g/mol. The van der Waals surface area contributed by atoms with E-state index in [2.05, 4.69) is 15.3 Å². The number of hydrogen-bond acceptors (Lipinski definition) is 7. The van der Waals surface area contributed by atoms with Gasteiger partial charge in [-0.2, -0.15) is 0 Å². The van der Waals surface area contributed by atoms with Gasteiger partial charge in [-0.05, 0) is 31.9 Å². The van der Waals surface area contributed by atoms with E-state index in [-0.39, 0.29) is 17.8 Å². The van der Waals surface area contributed by atoms with Crippen molar-refractivity contribution in [2.75, 3.05) is 13.7 Å². The van der Waals surface area contributed by atoms with Crippen molar-refractivity contribution in [3.8, 4) is 17.1 Å². The van der Waals surface area contributed by atoms with E-state index in [1.54, 1.807) is 11.7 Å². The third-order valence-electron chi connectivity index (χ3n) is 4.79. The molecule has 0 radical (unpaired) electrons. The lowest BCUT2D eigenvalue weighted by Gasteiger charge is -2.34. The number of nitrogens with two attached hydrogens (primary N) is 1. The number of ether oxygens (including phenoxy) is 2. The Morgan fingerprint density at radius 3 is 2.80 bits per heavy atom. The van der Waals surface area contributed by atoms with Crippen LogP contribution in [0.2, 0.25) is 0 Å². The zero-order chi connectivity index (χ0) is 18.0. The van der Waals surface area contributed by atoms with Gasteiger partial charge in [-0.15, -0.1) is 5.10 Å². The summed E-state index contributed by atoms with van der Waals surface area (Å²) in [6.07, 6.45) is 1.84. The fourth-order valence-electron chi connectivity index (χ4n) is 3.06. The molecule has 1 saturated carbocycles. The second-order valence-corrected chi connectivity index (χ2v) is 6.27. The van der Waals surface area contributed by atoms with Gasteiger partial charge in [0.25, 0.3) is 0 Å². The Balaban J connectivity index is 1.69. The molecule has 25 heavy (non-hydrogen) atoms. The van der Waals surface area contributed by atoms with E-state index >= 15 is 0 Å². The van der Waals surface area contributed by atoms with Crippen LogP contribution in [0.3, 0.4) is 0 Å². The maximum atomic E-state index is 11.6. The van der Waals surface area contributed by atoms with Gasteiger partial charge < -0.3 is 15.2 Å². The lowest BCUT2D eigenvalue weighted by Crippen LogP contribution is -2.37. The lowest BCUT2D eigenvalue weighted by molar-refractivity contribution is -0.152. The maximum absolute atomic E-state index is 11.6. The van der Waals surface area contributed by atoms with Gasteiger partial charge in [0, 0.05) is 19.5 Å². The largest absolute Gasteiger partial charge is 0.491 e. The van der Waals surface area contributed by atoms with Crippen LogP contribution < -0.4 is 10.5 Å². The summed E-state index contributed by atoms with van der Waals surface area (Å²) in [7, 11) is 3.23. The molecule has 2 aromatic rings. The number of pyridine rings is 1. The van der Waals surface area contributed by atoms with Gasteiger partial charge in [-0.3, -0.25) is 9.48 Å². The minimum absolute atomic E-state index is 0.0516. The van der Waals surface area contributed by atoms with E-state index in [0.29, 0.717) is 24.6 Å². The number of esters is 1. The standard InChI is InChI=1S/C17H23N5O3/c1-10-15(25-9-11-4-5-12(11)17(23)24-3)7-6-13(19-10)16-14(8-18)22(2)21-20-16/h6-7,11-12H,4-5,8-9,18H2,1-3H3/t11-,12+/m1/s1. The van der Waals surface area contributed by atoms with Crippen molar-refractivity contribution in [1.82, 2.24) is 20.0 Å². The molecule has 0 saturated heterocycles. The Bertz CT molecular complexity index is 774. The van der Waals surface area contributed by atoms with E-state index in [4.69, 9.17) is 15.2 Å². The average molecular weight is 345 g/mol. The second-order valence-electron chi connectivity index (χ2n) is 6.27. The Morgan fingerprint density at radius 2 is 2.20 bits per heavy atom. The predicted molar refractivity (Wildman–Crippen MR) is 90.6 cm³/mol. The van der Waals surface area contributed by atoms with E-state index in [1.807, 2.05) is 19.1 Å². The maximum Gasteiger partial charge on any atom is 0.309 e. The molecule has 2 aromatic heterocycles. The first-order valence-corrected chi connectivity index (χ1v) is 8.32. The smallest absolute Gasteiger partial charge is 0.309 e. The monoisotopic (exact) mass is 345 g/mol. The van der Waals surface area contributed by atoms with Crippen molar-refractivity contribution in [1.29, 1.82) is 0 Å². The Hall–Kier alpha value is -2.48. The highest BCUT2D eigenvalue weighted by Gasteiger charge is 2.37. The number of rotatable bonds is 6. The molecule has 2 N–H and O–H groups in total. The average Bonchev–Trinajstić information content (AvgIpc) is 2.95. The first-order chi connectivity index (χ1) is 12.0. The quantitative estimate of drug-likeness (QED) is 0.785.